The van der Waals surface area contributed by atoms with E-state index in [4.69, 9.17) is 4.74 Å². The monoisotopic (exact) mass is 477 g/mol. The van der Waals surface area contributed by atoms with Gasteiger partial charge >= 0.3 is 0 Å². The lowest BCUT2D eigenvalue weighted by Crippen LogP contribution is -2.38. The third-order valence-electron chi connectivity index (χ3n) is 4.09. The van der Waals surface area contributed by atoms with Crippen molar-refractivity contribution in [2.45, 2.75) is 0 Å². The van der Waals surface area contributed by atoms with E-state index >= 15 is 0 Å². The molecule has 1 aliphatic rings. The minimum Gasteiger partial charge on any atom is -0.378 e. The lowest BCUT2D eigenvalue weighted by atomic mass is 10.0. The molecule has 0 N–H and O–H groups in total. The molecule has 134 valence electrons. The van der Waals surface area contributed by atoms with Crippen LogP contribution in [0.15, 0.2) is 69.2 Å². The first kappa shape index (κ1) is 19.0. The molecule has 0 unspecified atom stereocenters. The maximum absolute atomic E-state index is 13.1. The van der Waals surface area contributed by atoms with Crippen molar-refractivity contribution >= 4 is 43.4 Å². The number of ketones is 2. The number of Topliss-reactive ketones (excluding diaryl/α,β-unsaturated/α-hetero) is 1. The highest BCUT2D eigenvalue weighted by Gasteiger charge is 2.22. The Bertz CT molecular complexity index is 823. The van der Waals surface area contributed by atoms with E-state index in [1.807, 2.05) is 29.2 Å². The molecular formula is C20H17Br2NO3. The third-order valence-corrected chi connectivity index (χ3v) is 5.14. The average molecular weight is 479 g/mol. The van der Waals surface area contributed by atoms with Gasteiger partial charge in [-0.25, -0.2) is 0 Å². The Kier molecular flexibility index (Phi) is 6.40. The van der Waals surface area contributed by atoms with Crippen LogP contribution in [0.1, 0.15) is 20.7 Å². The van der Waals surface area contributed by atoms with Gasteiger partial charge in [0.25, 0.3) is 0 Å². The van der Waals surface area contributed by atoms with E-state index in [1.165, 1.54) is 6.08 Å². The first-order valence-corrected chi connectivity index (χ1v) is 9.78. The molecule has 26 heavy (non-hydrogen) atoms. The average Bonchev–Trinajstić information content (AvgIpc) is 2.67. The zero-order valence-corrected chi connectivity index (χ0v) is 17.1. The summed E-state index contributed by atoms with van der Waals surface area (Å²) in [6.45, 7) is 2.25. The fourth-order valence-electron chi connectivity index (χ4n) is 2.68. The third kappa shape index (κ3) is 4.69. The summed E-state index contributed by atoms with van der Waals surface area (Å²) in [7, 11) is 0. The minimum absolute atomic E-state index is 0.162. The number of rotatable bonds is 5. The Morgan fingerprint density at radius 2 is 1.35 bits per heavy atom. The highest BCUT2D eigenvalue weighted by Crippen LogP contribution is 2.19. The van der Waals surface area contributed by atoms with Crippen LogP contribution in [0.4, 0.5) is 0 Å². The van der Waals surface area contributed by atoms with Crippen LogP contribution in [-0.4, -0.2) is 42.8 Å². The van der Waals surface area contributed by atoms with Gasteiger partial charge in [-0.1, -0.05) is 31.9 Å². The summed E-state index contributed by atoms with van der Waals surface area (Å²) in [4.78, 5) is 27.7. The Morgan fingerprint density at radius 1 is 0.846 bits per heavy atom. The van der Waals surface area contributed by atoms with Gasteiger partial charge in [-0.2, -0.15) is 0 Å². The van der Waals surface area contributed by atoms with E-state index in [9.17, 15) is 9.59 Å². The predicted molar refractivity (Wildman–Crippen MR) is 107 cm³/mol. The predicted octanol–water partition coefficient (Wildman–Crippen LogP) is 4.49. The molecule has 2 aromatic rings. The minimum atomic E-state index is -0.190. The van der Waals surface area contributed by atoms with Crippen molar-refractivity contribution < 1.29 is 14.3 Å². The van der Waals surface area contributed by atoms with Crippen LogP contribution in [0.25, 0.3) is 0 Å². The lowest BCUT2D eigenvalue weighted by Gasteiger charge is -2.30. The van der Waals surface area contributed by atoms with Crippen LogP contribution < -0.4 is 0 Å². The molecule has 6 heteroatoms. The largest absolute Gasteiger partial charge is 0.378 e. The van der Waals surface area contributed by atoms with Gasteiger partial charge in [-0.05, 0) is 48.5 Å². The van der Waals surface area contributed by atoms with Crippen LogP contribution in [0, 0.1) is 0 Å². The van der Waals surface area contributed by atoms with Gasteiger partial charge < -0.3 is 9.64 Å². The Morgan fingerprint density at radius 3 is 1.88 bits per heavy atom. The van der Waals surface area contributed by atoms with Gasteiger partial charge in [0.05, 0.1) is 18.9 Å². The molecule has 0 bridgehead atoms. The Hall–Kier alpha value is -1.76. The molecule has 1 fully saturated rings. The zero-order chi connectivity index (χ0) is 18.5. The Labute approximate surface area is 169 Å². The zero-order valence-electron chi connectivity index (χ0n) is 14.0. The molecule has 1 heterocycles. The first-order chi connectivity index (χ1) is 12.5. The number of hydrogen-bond acceptors (Lipinski definition) is 4. The van der Waals surface area contributed by atoms with Gasteiger partial charge in [0.15, 0.2) is 5.78 Å². The van der Waals surface area contributed by atoms with Crippen molar-refractivity contribution in [3.05, 3.63) is 80.4 Å². The van der Waals surface area contributed by atoms with E-state index in [0.717, 1.165) is 8.95 Å². The summed E-state index contributed by atoms with van der Waals surface area (Å²) >= 11 is 6.73. The van der Waals surface area contributed by atoms with Crippen molar-refractivity contribution in [2.75, 3.05) is 26.3 Å². The van der Waals surface area contributed by atoms with Crippen molar-refractivity contribution in [3.8, 4) is 0 Å². The highest BCUT2D eigenvalue weighted by molar-refractivity contribution is 9.10. The molecule has 1 saturated heterocycles. The summed E-state index contributed by atoms with van der Waals surface area (Å²) in [5.41, 5.74) is 1.50. The second-order valence-electron chi connectivity index (χ2n) is 5.84. The second-order valence-corrected chi connectivity index (χ2v) is 7.67. The van der Waals surface area contributed by atoms with Crippen molar-refractivity contribution in [3.63, 3.8) is 0 Å². The van der Waals surface area contributed by atoms with E-state index < -0.39 is 0 Å². The van der Waals surface area contributed by atoms with Gasteiger partial charge in [0.1, 0.15) is 0 Å². The summed E-state index contributed by atoms with van der Waals surface area (Å²) in [5, 5.41) is 0. The van der Waals surface area contributed by atoms with Crippen molar-refractivity contribution in [1.82, 2.24) is 4.90 Å². The normalized spacial score (nSPS) is 15.0. The smallest absolute Gasteiger partial charge is 0.209 e. The Balaban J connectivity index is 1.94. The van der Waals surface area contributed by atoms with Crippen LogP contribution >= 0.6 is 31.9 Å². The number of allylic oxidation sites excluding steroid dienone is 2. The summed E-state index contributed by atoms with van der Waals surface area (Å²) < 4.78 is 7.18. The summed E-state index contributed by atoms with van der Waals surface area (Å²) in [5.74, 6) is -0.352. The standard InChI is InChI=1S/C20H17Br2NO3/c21-16-5-1-14(2-6-16)19(24)13-18(23-9-11-26-12-10-23)20(25)15-3-7-17(22)8-4-15/h1-8,13H,9-12H2/b18-13+. The molecular weight excluding hydrogens is 462 g/mol. The van der Waals surface area contributed by atoms with Crippen LogP contribution in [0.5, 0.6) is 0 Å². The molecule has 0 radical (unpaired) electrons. The van der Waals surface area contributed by atoms with Gasteiger partial charge in [0.2, 0.25) is 5.78 Å². The molecule has 1 aliphatic heterocycles. The molecule has 0 amide bonds. The van der Waals surface area contributed by atoms with E-state index in [0.29, 0.717) is 43.1 Å². The fourth-order valence-corrected chi connectivity index (χ4v) is 3.20. The quantitative estimate of drug-likeness (QED) is 0.469. The summed E-state index contributed by atoms with van der Waals surface area (Å²) in [6.07, 6.45) is 1.44. The maximum Gasteiger partial charge on any atom is 0.209 e. The molecule has 0 atom stereocenters. The number of benzene rings is 2. The molecule has 4 nitrogen and oxygen atoms in total. The number of halogens is 2. The maximum atomic E-state index is 13.1. The highest BCUT2D eigenvalue weighted by atomic mass is 79.9. The van der Waals surface area contributed by atoms with Crippen molar-refractivity contribution in [1.29, 1.82) is 0 Å². The van der Waals surface area contributed by atoms with Crippen LogP contribution in [0.3, 0.4) is 0 Å². The topological polar surface area (TPSA) is 46.6 Å². The molecule has 0 spiro atoms. The van der Waals surface area contributed by atoms with Crippen LogP contribution in [-0.2, 0) is 4.74 Å². The molecule has 3 rings (SSSR count). The molecule has 0 saturated carbocycles. The van der Waals surface area contributed by atoms with Gasteiger partial charge in [-0.15, -0.1) is 0 Å². The van der Waals surface area contributed by atoms with Gasteiger partial charge in [0, 0.05) is 39.2 Å². The molecule has 0 aliphatic carbocycles. The molecule has 2 aromatic carbocycles. The number of nitrogens with zero attached hydrogens (tertiary/aromatic N) is 1. The van der Waals surface area contributed by atoms with Gasteiger partial charge in [-0.3, -0.25) is 9.59 Å². The van der Waals surface area contributed by atoms with Crippen molar-refractivity contribution in [2.24, 2.45) is 0 Å². The van der Waals surface area contributed by atoms with Crippen LogP contribution in [0.2, 0.25) is 0 Å². The number of hydrogen-bond donors (Lipinski definition) is 0. The lowest BCUT2D eigenvalue weighted by molar-refractivity contribution is 0.0504. The summed E-state index contributed by atoms with van der Waals surface area (Å²) in [6, 6.07) is 14.3. The first-order valence-electron chi connectivity index (χ1n) is 8.19. The van der Waals surface area contributed by atoms with E-state index in [1.54, 1.807) is 24.3 Å². The number of ether oxygens (including phenoxy) is 1. The number of carbonyl (C=O) groups is 2. The van der Waals surface area contributed by atoms with E-state index in [2.05, 4.69) is 31.9 Å². The SMILES string of the molecule is O=C(/C=C(\C(=O)c1ccc(Br)cc1)N1CCOCC1)c1ccc(Br)cc1. The van der Waals surface area contributed by atoms with E-state index in [-0.39, 0.29) is 11.6 Å². The second kappa shape index (κ2) is 8.75. The number of carbonyl (C=O) groups excluding carboxylic acids is 2. The fraction of sp³-hybridized carbons (Fsp3) is 0.200. The number of morpholine rings is 1. The molecule has 0 aromatic heterocycles.